The lowest BCUT2D eigenvalue weighted by molar-refractivity contribution is -0.137. The Morgan fingerprint density at radius 1 is 1.36 bits per heavy atom. The highest BCUT2D eigenvalue weighted by molar-refractivity contribution is 9.10. The monoisotopic (exact) mass is 267 g/mol. The van der Waals surface area contributed by atoms with Gasteiger partial charge in [-0.25, -0.2) is 0 Å². The number of carbonyl (C=O) groups is 1. The molecule has 0 unspecified atom stereocenters. The van der Waals surface area contributed by atoms with E-state index in [0.29, 0.717) is 10.9 Å². The molecule has 1 rings (SSSR count). The SMILES string of the molecule is O=CNc1cc(C(F)(F)F)ccc1Br. The molecule has 0 aliphatic carbocycles. The van der Waals surface area contributed by atoms with Crippen LogP contribution in [0, 0.1) is 0 Å². The molecule has 1 N–H and O–H groups in total. The summed E-state index contributed by atoms with van der Waals surface area (Å²) < 4.78 is 37.0. The van der Waals surface area contributed by atoms with E-state index in [9.17, 15) is 18.0 Å². The van der Waals surface area contributed by atoms with Gasteiger partial charge in [0.2, 0.25) is 6.41 Å². The lowest BCUT2D eigenvalue weighted by Gasteiger charge is -2.09. The predicted molar refractivity (Wildman–Crippen MR) is 48.8 cm³/mol. The van der Waals surface area contributed by atoms with Crippen molar-refractivity contribution < 1.29 is 18.0 Å². The van der Waals surface area contributed by atoms with Crippen LogP contribution in [-0.2, 0) is 11.0 Å². The average Bonchev–Trinajstić information content (AvgIpc) is 2.07. The molecular formula is C8H5BrF3NO. The van der Waals surface area contributed by atoms with Gasteiger partial charge < -0.3 is 5.32 Å². The van der Waals surface area contributed by atoms with E-state index in [4.69, 9.17) is 0 Å². The van der Waals surface area contributed by atoms with E-state index >= 15 is 0 Å². The zero-order valence-electron chi connectivity index (χ0n) is 6.73. The van der Waals surface area contributed by atoms with Gasteiger partial charge >= 0.3 is 6.18 Å². The number of anilines is 1. The third kappa shape index (κ3) is 2.47. The molecular weight excluding hydrogens is 263 g/mol. The van der Waals surface area contributed by atoms with E-state index in [-0.39, 0.29) is 5.69 Å². The minimum atomic E-state index is -4.40. The zero-order valence-corrected chi connectivity index (χ0v) is 8.32. The number of carbonyl (C=O) groups excluding carboxylic acids is 1. The molecule has 0 aliphatic heterocycles. The van der Waals surface area contributed by atoms with Crippen LogP contribution in [0.3, 0.4) is 0 Å². The molecule has 0 spiro atoms. The first-order chi connectivity index (χ1) is 6.45. The highest BCUT2D eigenvalue weighted by atomic mass is 79.9. The highest BCUT2D eigenvalue weighted by Crippen LogP contribution is 2.33. The number of benzene rings is 1. The Morgan fingerprint density at radius 3 is 2.50 bits per heavy atom. The topological polar surface area (TPSA) is 29.1 Å². The van der Waals surface area contributed by atoms with Gasteiger partial charge in [-0.1, -0.05) is 0 Å². The zero-order chi connectivity index (χ0) is 10.8. The molecule has 0 saturated heterocycles. The molecule has 0 saturated carbocycles. The van der Waals surface area contributed by atoms with Crippen LogP contribution in [0.5, 0.6) is 0 Å². The fourth-order valence-electron chi connectivity index (χ4n) is 0.876. The van der Waals surface area contributed by atoms with Crippen molar-refractivity contribution in [2.24, 2.45) is 0 Å². The van der Waals surface area contributed by atoms with Crippen molar-refractivity contribution in [3.05, 3.63) is 28.2 Å². The van der Waals surface area contributed by atoms with Gasteiger partial charge in [0, 0.05) is 4.47 Å². The van der Waals surface area contributed by atoms with Crippen LogP contribution in [0.25, 0.3) is 0 Å². The maximum absolute atomic E-state index is 12.2. The standard InChI is InChI=1S/C8H5BrF3NO/c9-6-2-1-5(8(10,11)12)3-7(6)13-4-14/h1-4H,(H,13,14). The third-order valence-electron chi connectivity index (χ3n) is 1.51. The summed E-state index contributed by atoms with van der Waals surface area (Å²) in [5, 5.41) is 2.16. The van der Waals surface area contributed by atoms with Gasteiger partial charge in [-0.3, -0.25) is 4.79 Å². The van der Waals surface area contributed by atoms with Gasteiger partial charge in [0.25, 0.3) is 0 Å². The Labute approximate surface area is 86.2 Å². The average molecular weight is 268 g/mol. The maximum Gasteiger partial charge on any atom is 0.416 e. The van der Waals surface area contributed by atoms with Crippen molar-refractivity contribution in [3.63, 3.8) is 0 Å². The summed E-state index contributed by atoms with van der Waals surface area (Å²) in [5.41, 5.74) is -0.708. The van der Waals surface area contributed by atoms with Crippen molar-refractivity contribution in [2.45, 2.75) is 6.18 Å². The maximum atomic E-state index is 12.2. The number of hydrogen-bond acceptors (Lipinski definition) is 1. The number of halogens is 4. The van der Waals surface area contributed by atoms with Gasteiger partial charge in [-0.15, -0.1) is 0 Å². The second kappa shape index (κ2) is 4.00. The minimum Gasteiger partial charge on any atom is -0.328 e. The molecule has 1 aromatic rings. The Hall–Kier alpha value is -1.04. The van der Waals surface area contributed by atoms with Crippen molar-refractivity contribution in [2.75, 3.05) is 5.32 Å². The predicted octanol–water partition coefficient (Wildman–Crippen LogP) is 3.04. The van der Waals surface area contributed by atoms with Gasteiger partial charge in [-0.2, -0.15) is 13.2 Å². The minimum absolute atomic E-state index is 0.0924. The van der Waals surface area contributed by atoms with Crippen molar-refractivity contribution in [3.8, 4) is 0 Å². The lowest BCUT2D eigenvalue weighted by atomic mass is 10.2. The quantitative estimate of drug-likeness (QED) is 0.820. The number of hydrogen-bond donors (Lipinski definition) is 1. The Balaban J connectivity index is 3.12. The lowest BCUT2D eigenvalue weighted by Crippen LogP contribution is -2.06. The summed E-state index contributed by atoms with van der Waals surface area (Å²) in [6, 6.07) is 3.02. The van der Waals surface area contributed by atoms with Crippen LogP contribution < -0.4 is 5.32 Å². The molecule has 0 atom stereocenters. The summed E-state index contributed by atoms with van der Waals surface area (Å²) in [4.78, 5) is 10.1. The molecule has 76 valence electrons. The molecule has 2 nitrogen and oxygen atoms in total. The van der Waals surface area contributed by atoms with E-state index in [2.05, 4.69) is 21.2 Å². The van der Waals surface area contributed by atoms with E-state index in [0.717, 1.165) is 12.1 Å². The molecule has 0 aliphatic rings. The normalized spacial score (nSPS) is 11.1. The summed E-state index contributed by atoms with van der Waals surface area (Å²) >= 11 is 3.01. The number of alkyl halides is 3. The van der Waals surface area contributed by atoms with Gasteiger partial charge in [0.1, 0.15) is 0 Å². The first-order valence-corrected chi connectivity index (χ1v) is 4.31. The Morgan fingerprint density at radius 2 is 2.00 bits per heavy atom. The van der Waals surface area contributed by atoms with Crippen LogP contribution in [-0.4, -0.2) is 6.41 Å². The van der Waals surface area contributed by atoms with Gasteiger partial charge in [0.15, 0.2) is 0 Å². The Kier molecular flexibility index (Phi) is 3.15. The summed E-state index contributed by atoms with van der Waals surface area (Å²) in [7, 11) is 0. The first kappa shape index (κ1) is 11.0. The van der Waals surface area contributed by atoms with Crippen LogP contribution in [0.1, 0.15) is 5.56 Å². The fourth-order valence-corrected chi connectivity index (χ4v) is 1.24. The largest absolute Gasteiger partial charge is 0.416 e. The highest BCUT2D eigenvalue weighted by Gasteiger charge is 2.30. The van der Waals surface area contributed by atoms with Crippen LogP contribution >= 0.6 is 15.9 Å². The molecule has 6 heteroatoms. The third-order valence-corrected chi connectivity index (χ3v) is 2.20. The number of rotatable bonds is 2. The molecule has 0 aromatic heterocycles. The molecule has 0 radical (unpaired) electrons. The van der Waals surface area contributed by atoms with Gasteiger partial charge in [0.05, 0.1) is 11.3 Å². The van der Waals surface area contributed by atoms with Crippen molar-refractivity contribution >= 4 is 28.0 Å². The fraction of sp³-hybridized carbons (Fsp3) is 0.125. The van der Waals surface area contributed by atoms with Crippen molar-refractivity contribution in [1.29, 1.82) is 0 Å². The van der Waals surface area contributed by atoms with Gasteiger partial charge in [-0.05, 0) is 34.1 Å². The van der Waals surface area contributed by atoms with Crippen molar-refractivity contribution in [1.82, 2.24) is 0 Å². The summed E-state index contributed by atoms with van der Waals surface area (Å²) in [5.74, 6) is 0. The summed E-state index contributed by atoms with van der Waals surface area (Å²) in [6.45, 7) is 0. The van der Waals surface area contributed by atoms with E-state index in [1.54, 1.807) is 0 Å². The van der Waals surface area contributed by atoms with E-state index in [1.165, 1.54) is 6.07 Å². The molecule has 1 aromatic carbocycles. The van der Waals surface area contributed by atoms with Crippen LogP contribution in [0.2, 0.25) is 0 Å². The second-order valence-corrected chi connectivity index (χ2v) is 3.31. The second-order valence-electron chi connectivity index (χ2n) is 2.45. The van der Waals surface area contributed by atoms with Crippen LogP contribution in [0.4, 0.5) is 18.9 Å². The van der Waals surface area contributed by atoms with E-state index < -0.39 is 11.7 Å². The molecule has 0 heterocycles. The smallest absolute Gasteiger partial charge is 0.328 e. The summed E-state index contributed by atoms with van der Waals surface area (Å²) in [6.07, 6.45) is -4.08. The van der Waals surface area contributed by atoms with E-state index in [1.807, 2.05) is 0 Å². The number of amides is 1. The Bertz CT molecular complexity index is 351. The number of nitrogens with one attached hydrogen (secondary N) is 1. The molecule has 0 bridgehead atoms. The van der Waals surface area contributed by atoms with Crippen LogP contribution in [0.15, 0.2) is 22.7 Å². The molecule has 14 heavy (non-hydrogen) atoms. The molecule has 0 fully saturated rings. The molecule has 1 amide bonds. The first-order valence-electron chi connectivity index (χ1n) is 3.52.